The molecule has 1 aliphatic rings. The van der Waals surface area contributed by atoms with Crippen LogP contribution in [0.3, 0.4) is 0 Å². The van der Waals surface area contributed by atoms with Gasteiger partial charge in [-0.3, -0.25) is 0 Å². The van der Waals surface area contributed by atoms with Crippen LogP contribution in [0.15, 0.2) is 6.33 Å². The number of nitrogens with zero attached hydrogens (tertiary/aromatic N) is 3. The zero-order chi connectivity index (χ0) is 10.7. The number of anilines is 2. The molecule has 1 saturated heterocycles. The van der Waals surface area contributed by atoms with Crippen LogP contribution in [-0.2, 0) is 0 Å². The first-order valence-corrected chi connectivity index (χ1v) is 4.93. The van der Waals surface area contributed by atoms with E-state index in [-0.39, 0.29) is 0 Å². The fraction of sp³-hybridized carbons (Fsp3) is 0.556. The monoisotopic (exact) mass is 209 g/mol. The van der Waals surface area contributed by atoms with Crippen molar-refractivity contribution in [2.45, 2.75) is 0 Å². The van der Waals surface area contributed by atoms with Crippen molar-refractivity contribution in [3.8, 4) is 5.88 Å². The van der Waals surface area contributed by atoms with Gasteiger partial charge in [-0.2, -0.15) is 4.98 Å². The Morgan fingerprint density at radius 2 is 2.13 bits per heavy atom. The second-order valence-corrected chi connectivity index (χ2v) is 3.36. The maximum atomic E-state index is 5.91. The topological polar surface area (TPSA) is 76.3 Å². The van der Waals surface area contributed by atoms with Gasteiger partial charge in [0.2, 0.25) is 5.88 Å². The van der Waals surface area contributed by atoms with Crippen molar-refractivity contribution in [2.75, 3.05) is 43.9 Å². The van der Waals surface area contributed by atoms with Gasteiger partial charge >= 0.3 is 0 Å². The maximum absolute atomic E-state index is 5.91. The zero-order valence-corrected chi connectivity index (χ0v) is 8.73. The molecule has 0 aromatic carbocycles. The zero-order valence-electron chi connectivity index (χ0n) is 8.73. The summed E-state index contributed by atoms with van der Waals surface area (Å²) in [5, 5.41) is 3.28. The Morgan fingerprint density at radius 3 is 2.80 bits per heavy atom. The second-order valence-electron chi connectivity index (χ2n) is 3.36. The van der Waals surface area contributed by atoms with E-state index in [2.05, 4.69) is 20.2 Å². The molecule has 1 aromatic heterocycles. The lowest BCUT2D eigenvalue weighted by Crippen LogP contribution is -2.44. The van der Waals surface area contributed by atoms with Crippen LogP contribution in [0, 0.1) is 0 Å². The van der Waals surface area contributed by atoms with Crippen molar-refractivity contribution in [3.63, 3.8) is 0 Å². The lowest BCUT2D eigenvalue weighted by molar-refractivity contribution is 0.399. The number of hydrogen-bond acceptors (Lipinski definition) is 6. The third-order valence-corrected chi connectivity index (χ3v) is 2.44. The average molecular weight is 209 g/mol. The van der Waals surface area contributed by atoms with Gasteiger partial charge in [-0.1, -0.05) is 0 Å². The molecule has 0 unspecified atom stereocenters. The highest BCUT2D eigenvalue weighted by Crippen LogP contribution is 2.27. The summed E-state index contributed by atoms with van der Waals surface area (Å²) in [5.41, 5.74) is 6.43. The lowest BCUT2D eigenvalue weighted by Gasteiger charge is -2.29. The lowest BCUT2D eigenvalue weighted by atomic mass is 10.3. The molecule has 82 valence electrons. The van der Waals surface area contributed by atoms with Crippen molar-refractivity contribution in [1.29, 1.82) is 0 Å². The molecule has 0 aliphatic carbocycles. The summed E-state index contributed by atoms with van der Waals surface area (Å²) in [5.74, 6) is 1.21. The van der Waals surface area contributed by atoms with Gasteiger partial charge in [0.1, 0.15) is 12.0 Å². The van der Waals surface area contributed by atoms with Crippen LogP contribution in [0.1, 0.15) is 0 Å². The molecule has 1 fully saturated rings. The highest BCUT2D eigenvalue weighted by Gasteiger charge is 2.17. The molecule has 0 atom stereocenters. The third-order valence-electron chi connectivity index (χ3n) is 2.44. The number of nitrogen functional groups attached to an aromatic ring is 1. The van der Waals surface area contributed by atoms with E-state index in [0.717, 1.165) is 32.0 Å². The fourth-order valence-electron chi connectivity index (χ4n) is 1.66. The number of rotatable bonds is 2. The molecule has 0 bridgehead atoms. The molecule has 0 radical (unpaired) electrons. The molecular weight excluding hydrogens is 194 g/mol. The molecule has 6 nitrogen and oxygen atoms in total. The quantitative estimate of drug-likeness (QED) is 0.682. The van der Waals surface area contributed by atoms with E-state index >= 15 is 0 Å². The van der Waals surface area contributed by atoms with Crippen LogP contribution in [0.25, 0.3) is 0 Å². The normalized spacial score (nSPS) is 16.5. The van der Waals surface area contributed by atoms with Gasteiger partial charge in [0, 0.05) is 26.2 Å². The van der Waals surface area contributed by atoms with Gasteiger partial charge in [-0.05, 0) is 0 Å². The summed E-state index contributed by atoms with van der Waals surface area (Å²) in [6.07, 6.45) is 1.48. The SMILES string of the molecule is COc1ncnc(N2CCNCC2)c1N. The predicted molar refractivity (Wildman–Crippen MR) is 58.1 cm³/mol. The first kappa shape index (κ1) is 9.97. The van der Waals surface area contributed by atoms with Crippen LogP contribution in [0.5, 0.6) is 5.88 Å². The smallest absolute Gasteiger partial charge is 0.242 e. The van der Waals surface area contributed by atoms with Crippen LogP contribution >= 0.6 is 0 Å². The summed E-state index contributed by atoms with van der Waals surface area (Å²) in [7, 11) is 1.56. The second kappa shape index (κ2) is 4.31. The van der Waals surface area contributed by atoms with E-state index in [4.69, 9.17) is 10.5 Å². The van der Waals surface area contributed by atoms with Crippen molar-refractivity contribution in [1.82, 2.24) is 15.3 Å². The Bertz CT molecular complexity index is 337. The number of aromatic nitrogens is 2. The molecule has 0 amide bonds. The summed E-state index contributed by atoms with van der Waals surface area (Å²) in [4.78, 5) is 10.3. The molecule has 15 heavy (non-hydrogen) atoms. The first-order valence-electron chi connectivity index (χ1n) is 4.93. The molecule has 1 aromatic rings. The van der Waals surface area contributed by atoms with Crippen LogP contribution in [0.4, 0.5) is 11.5 Å². The summed E-state index contributed by atoms with van der Waals surface area (Å²) in [6.45, 7) is 3.71. The minimum Gasteiger partial charge on any atom is -0.479 e. The van der Waals surface area contributed by atoms with Crippen LogP contribution in [0.2, 0.25) is 0 Å². The van der Waals surface area contributed by atoms with Crippen LogP contribution in [-0.4, -0.2) is 43.3 Å². The Balaban J connectivity index is 2.26. The molecule has 6 heteroatoms. The summed E-state index contributed by atoms with van der Waals surface area (Å²) >= 11 is 0. The van der Waals surface area contributed by atoms with Gasteiger partial charge < -0.3 is 20.7 Å². The number of nitrogens with two attached hydrogens (primary N) is 1. The van der Waals surface area contributed by atoms with E-state index in [1.807, 2.05) is 0 Å². The van der Waals surface area contributed by atoms with E-state index in [1.165, 1.54) is 6.33 Å². The summed E-state index contributed by atoms with van der Waals surface area (Å²) in [6, 6.07) is 0. The highest BCUT2D eigenvalue weighted by molar-refractivity contribution is 5.67. The minimum atomic E-state index is 0.443. The Morgan fingerprint density at radius 1 is 1.40 bits per heavy atom. The molecule has 0 spiro atoms. The van der Waals surface area contributed by atoms with Crippen molar-refractivity contribution >= 4 is 11.5 Å². The van der Waals surface area contributed by atoms with Crippen molar-refractivity contribution in [3.05, 3.63) is 6.33 Å². The van der Waals surface area contributed by atoms with Gasteiger partial charge in [0.25, 0.3) is 0 Å². The third kappa shape index (κ3) is 1.94. The molecule has 2 rings (SSSR count). The molecule has 3 N–H and O–H groups in total. The largest absolute Gasteiger partial charge is 0.479 e. The van der Waals surface area contributed by atoms with E-state index in [9.17, 15) is 0 Å². The van der Waals surface area contributed by atoms with Crippen molar-refractivity contribution in [2.24, 2.45) is 0 Å². The Hall–Kier alpha value is -1.56. The maximum Gasteiger partial charge on any atom is 0.242 e. The standard InChI is InChI=1S/C9H15N5O/c1-15-9-7(10)8(12-6-13-9)14-4-2-11-3-5-14/h6,11H,2-5,10H2,1H3. The van der Waals surface area contributed by atoms with Gasteiger partial charge in [0.15, 0.2) is 5.82 Å². The Kier molecular flexibility index (Phi) is 2.86. The van der Waals surface area contributed by atoms with Gasteiger partial charge in [-0.15, -0.1) is 0 Å². The van der Waals surface area contributed by atoms with Gasteiger partial charge in [-0.25, -0.2) is 4.98 Å². The number of nitrogens with one attached hydrogen (secondary N) is 1. The first-order chi connectivity index (χ1) is 7.33. The fourth-order valence-corrected chi connectivity index (χ4v) is 1.66. The molecule has 2 heterocycles. The minimum absolute atomic E-state index is 0.443. The number of hydrogen-bond donors (Lipinski definition) is 2. The highest BCUT2D eigenvalue weighted by atomic mass is 16.5. The number of ether oxygens (including phenoxy) is 1. The van der Waals surface area contributed by atoms with E-state index in [0.29, 0.717) is 11.6 Å². The van der Waals surface area contributed by atoms with Crippen LogP contribution < -0.4 is 20.7 Å². The average Bonchev–Trinajstić information content (AvgIpc) is 2.30. The van der Waals surface area contributed by atoms with Crippen molar-refractivity contribution < 1.29 is 4.74 Å². The van der Waals surface area contributed by atoms with Gasteiger partial charge in [0.05, 0.1) is 7.11 Å². The van der Waals surface area contributed by atoms with E-state index < -0.39 is 0 Å². The Labute approximate surface area is 88.5 Å². The number of methoxy groups -OCH3 is 1. The molecule has 0 saturated carbocycles. The molecule has 1 aliphatic heterocycles. The predicted octanol–water partition coefficient (Wildman–Crippen LogP) is -0.523. The number of piperazine rings is 1. The molecular formula is C9H15N5O. The summed E-state index contributed by atoms with van der Waals surface area (Å²) < 4.78 is 5.06. The van der Waals surface area contributed by atoms with E-state index in [1.54, 1.807) is 7.11 Å².